The fraction of sp³-hybridized carbons (Fsp3) is 0.550. The summed E-state index contributed by atoms with van der Waals surface area (Å²) in [6.07, 6.45) is 4.69. The zero-order valence-electron chi connectivity index (χ0n) is 16.1. The lowest BCUT2D eigenvalue weighted by Crippen LogP contribution is -2.43. The van der Waals surface area contributed by atoms with Gasteiger partial charge in [0.1, 0.15) is 0 Å². The molecule has 1 aliphatic heterocycles. The highest BCUT2D eigenvalue weighted by Gasteiger charge is 2.24. The molecule has 1 aromatic carbocycles. The lowest BCUT2D eigenvalue weighted by Gasteiger charge is -2.32. The Kier molecular flexibility index (Phi) is 7.14. The third-order valence-corrected chi connectivity index (χ3v) is 5.24. The second-order valence-corrected chi connectivity index (χ2v) is 8.37. The Bertz CT molecular complexity index is 721. The van der Waals surface area contributed by atoms with Crippen LogP contribution in [0, 0.1) is 0 Å². The van der Waals surface area contributed by atoms with Crippen molar-refractivity contribution in [2.75, 3.05) is 20.1 Å². The third kappa shape index (κ3) is 4.80. The molecular formula is C20H30Cl2N4. The average molecular weight is 397 g/mol. The molecule has 1 aliphatic rings. The van der Waals surface area contributed by atoms with Crippen LogP contribution in [-0.4, -0.2) is 40.9 Å². The molecule has 1 N–H and O–H groups in total. The van der Waals surface area contributed by atoms with E-state index in [4.69, 9.17) is 16.7 Å². The van der Waals surface area contributed by atoms with E-state index in [0.717, 1.165) is 35.9 Å². The van der Waals surface area contributed by atoms with Gasteiger partial charge in [-0.1, -0.05) is 29.8 Å². The molecule has 1 aromatic heterocycles. The van der Waals surface area contributed by atoms with Crippen molar-refractivity contribution in [3.8, 4) is 11.3 Å². The van der Waals surface area contributed by atoms with Crippen LogP contribution in [0.4, 0.5) is 0 Å². The Morgan fingerprint density at radius 3 is 2.65 bits per heavy atom. The number of nitrogens with one attached hydrogen (secondary N) is 1. The predicted molar refractivity (Wildman–Crippen MR) is 112 cm³/mol. The molecule has 0 radical (unpaired) electrons. The number of benzene rings is 1. The van der Waals surface area contributed by atoms with Gasteiger partial charge in [-0.25, -0.2) is 0 Å². The molecule has 0 spiro atoms. The molecular weight excluding hydrogens is 367 g/mol. The molecule has 0 amide bonds. The summed E-state index contributed by atoms with van der Waals surface area (Å²) in [4.78, 5) is 2.52. The second-order valence-electron chi connectivity index (χ2n) is 7.96. The van der Waals surface area contributed by atoms with Crippen LogP contribution in [0.5, 0.6) is 0 Å². The van der Waals surface area contributed by atoms with E-state index >= 15 is 0 Å². The van der Waals surface area contributed by atoms with Crippen LogP contribution in [0.25, 0.3) is 11.3 Å². The Hall–Kier alpha value is -1.07. The summed E-state index contributed by atoms with van der Waals surface area (Å²) < 4.78 is 2.07. The molecule has 1 unspecified atom stereocenters. The zero-order valence-corrected chi connectivity index (χ0v) is 17.7. The molecule has 26 heavy (non-hydrogen) atoms. The van der Waals surface area contributed by atoms with Crippen molar-refractivity contribution in [1.29, 1.82) is 0 Å². The maximum absolute atomic E-state index is 6.47. The van der Waals surface area contributed by atoms with Crippen LogP contribution in [0.1, 0.15) is 39.2 Å². The van der Waals surface area contributed by atoms with Gasteiger partial charge < -0.3 is 5.32 Å². The van der Waals surface area contributed by atoms with Crippen molar-refractivity contribution >= 4 is 24.0 Å². The molecule has 2 heterocycles. The molecule has 2 aromatic rings. The van der Waals surface area contributed by atoms with Crippen LogP contribution in [0.15, 0.2) is 30.5 Å². The predicted octanol–water partition coefficient (Wildman–Crippen LogP) is 4.56. The number of hydrogen-bond acceptors (Lipinski definition) is 3. The van der Waals surface area contributed by atoms with Crippen LogP contribution >= 0.6 is 24.0 Å². The minimum absolute atomic E-state index is 0. The Morgan fingerprint density at radius 2 is 2.00 bits per heavy atom. The van der Waals surface area contributed by atoms with Gasteiger partial charge in [-0.05, 0) is 53.3 Å². The molecule has 0 bridgehead atoms. The quantitative estimate of drug-likeness (QED) is 0.821. The van der Waals surface area contributed by atoms with Crippen molar-refractivity contribution in [3.63, 3.8) is 0 Å². The molecule has 1 fully saturated rings. The number of hydrogen-bond donors (Lipinski definition) is 1. The number of likely N-dealkylation sites (tertiary alicyclic amines) is 1. The van der Waals surface area contributed by atoms with E-state index in [0.29, 0.717) is 6.04 Å². The fourth-order valence-electron chi connectivity index (χ4n) is 3.42. The second kappa shape index (κ2) is 8.75. The highest BCUT2D eigenvalue weighted by atomic mass is 35.5. The SMILES string of the molecule is CNC1CCCN(Cc2cn(C(C)(C)C)nc2-c2ccccc2Cl)C1.Cl. The molecule has 3 rings (SSSR count). The first-order chi connectivity index (χ1) is 11.9. The van der Waals surface area contributed by atoms with E-state index in [1.807, 2.05) is 18.2 Å². The average Bonchev–Trinajstić information content (AvgIpc) is 2.99. The summed E-state index contributed by atoms with van der Waals surface area (Å²) in [5, 5.41) is 9.09. The van der Waals surface area contributed by atoms with E-state index in [9.17, 15) is 0 Å². The maximum Gasteiger partial charge on any atom is 0.0983 e. The number of halogens is 2. The first-order valence-electron chi connectivity index (χ1n) is 9.12. The van der Waals surface area contributed by atoms with Gasteiger partial charge in [0, 0.05) is 36.5 Å². The van der Waals surface area contributed by atoms with Crippen LogP contribution in [0.2, 0.25) is 5.02 Å². The summed E-state index contributed by atoms with van der Waals surface area (Å²) in [5.74, 6) is 0. The zero-order chi connectivity index (χ0) is 18.0. The van der Waals surface area contributed by atoms with Gasteiger partial charge in [0.25, 0.3) is 0 Å². The van der Waals surface area contributed by atoms with E-state index in [1.165, 1.54) is 18.4 Å². The van der Waals surface area contributed by atoms with Crippen LogP contribution < -0.4 is 5.32 Å². The highest BCUT2D eigenvalue weighted by molar-refractivity contribution is 6.33. The fourth-order valence-corrected chi connectivity index (χ4v) is 3.65. The maximum atomic E-state index is 6.47. The lowest BCUT2D eigenvalue weighted by molar-refractivity contribution is 0.188. The van der Waals surface area contributed by atoms with Crippen molar-refractivity contribution in [3.05, 3.63) is 41.0 Å². The summed E-state index contributed by atoms with van der Waals surface area (Å²) in [5.41, 5.74) is 3.22. The Balaban J connectivity index is 0.00000243. The lowest BCUT2D eigenvalue weighted by atomic mass is 10.0. The van der Waals surface area contributed by atoms with Gasteiger partial charge in [0.05, 0.1) is 16.3 Å². The third-order valence-electron chi connectivity index (χ3n) is 4.91. The van der Waals surface area contributed by atoms with E-state index in [-0.39, 0.29) is 17.9 Å². The number of likely N-dealkylation sites (N-methyl/N-ethyl adjacent to an activating group) is 1. The molecule has 144 valence electrons. The highest BCUT2D eigenvalue weighted by Crippen LogP contribution is 2.31. The van der Waals surface area contributed by atoms with Crippen LogP contribution in [0.3, 0.4) is 0 Å². The topological polar surface area (TPSA) is 33.1 Å². The number of rotatable bonds is 4. The van der Waals surface area contributed by atoms with Crippen LogP contribution in [-0.2, 0) is 12.1 Å². The standard InChI is InChI=1S/C20H29ClN4.ClH/c1-20(2,3)25-13-15(12-24-11-7-8-16(14-24)22-4)19(23-25)17-9-5-6-10-18(17)21;/h5-6,9-10,13,16,22H,7-8,11-12,14H2,1-4H3;1H. The molecule has 0 aliphatic carbocycles. The Morgan fingerprint density at radius 1 is 1.27 bits per heavy atom. The van der Waals surface area contributed by atoms with Crippen molar-refractivity contribution < 1.29 is 0 Å². The van der Waals surface area contributed by atoms with Gasteiger partial charge in [-0.15, -0.1) is 12.4 Å². The number of aromatic nitrogens is 2. The molecule has 1 saturated heterocycles. The summed E-state index contributed by atoms with van der Waals surface area (Å²) in [7, 11) is 2.06. The molecule has 0 saturated carbocycles. The van der Waals surface area contributed by atoms with Gasteiger partial charge in [-0.3, -0.25) is 9.58 Å². The van der Waals surface area contributed by atoms with Crippen molar-refractivity contribution in [2.45, 2.75) is 51.7 Å². The van der Waals surface area contributed by atoms with E-state index in [1.54, 1.807) is 0 Å². The monoisotopic (exact) mass is 396 g/mol. The van der Waals surface area contributed by atoms with Gasteiger partial charge in [0.15, 0.2) is 0 Å². The minimum Gasteiger partial charge on any atom is -0.316 e. The number of nitrogens with zero attached hydrogens (tertiary/aromatic N) is 3. The van der Waals surface area contributed by atoms with Gasteiger partial charge in [0.2, 0.25) is 0 Å². The normalized spacial score (nSPS) is 18.6. The van der Waals surface area contributed by atoms with Crippen molar-refractivity contribution in [2.24, 2.45) is 0 Å². The van der Waals surface area contributed by atoms with Crippen molar-refractivity contribution in [1.82, 2.24) is 20.0 Å². The first-order valence-corrected chi connectivity index (χ1v) is 9.50. The summed E-state index contributed by atoms with van der Waals surface area (Å²) in [6, 6.07) is 8.57. The van der Waals surface area contributed by atoms with E-state index in [2.05, 4.69) is 55.0 Å². The molecule has 4 nitrogen and oxygen atoms in total. The summed E-state index contributed by atoms with van der Waals surface area (Å²) in [6.45, 7) is 9.67. The molecule has 1 atom stereocenters. The summed E-state index contributed by atoms with van der Waals surface area (Å²) >= 11 is 6.47. The first kappa shape index (κ1) is 21.2. The smallest absolute Gasteiger partial charge is 0.0983 e. The van der Waals surface area contributed by atoms with E-state index < -0.39 is 0 Å². The number of piperidine rings is 1. The largest absolute Gasteiger partial charge is 0.316 e. The van der Waals surface area contributed by atoms with Gasteiger partial charge >= 0.3 is 0 Å². The Labute approximate surface area is 168 Å². The van der Waals surface area contributed by atoms with Gasteiger partial charge in [-0.2, -0.15) is 5.10 Å². The molecule has 6 heteroatoms. The minimum atomic E-state index is -0.0519.